The Balaban J connectivity index is 4.19. The van der Waals surface area contributed by atoms with Crippen LogP contribution in [0.25, 0.3) is 0 Å². The number of hydrogen-bond acceptors (Lipinski definition) is 6. The van der Waals surface area contributed by atoms with Crippen LogP contribution in [0.15, 0.2) is 146 Å². The lowest BCUT2D eigenvalue weighted by molar-refractivity contribution is -0.167. The molecule has 0 spiro atoms. The van der Waals surface area contributed by atoms with Crippen molar-refractivity contribution in [1.29, 1.82) is 0 Å². The second-order valence-electron chi connectivity index (χ2n) is 22.3. The first-order valence-corrected chi connectivity index (χ1v) is 34.3. The molecule has 0 amide bonds. The topological polar surface area (TPSA) is 78.9 Å². The van der Waals surface area contributed by atoms with E-state index in [-0.39, 0.29) is 37.5 Å². The standard InChI is InChI=1S/C77H126O6/c1-4-7-10-13-16-19-22-25-28-29-30-31-32-33-34-35-36-37-38-39-40-41-42-43-44-45-46-47-50-52-55-58-61-64-67-70-76(79)82-73-74(83-77(80)71-68-65-62-59-56-53-49-27-24-21-18-15-12-9-6-3)72-81-75(78)69-66-63-60-57-54-51-48-26-23-20-17-14-11-8-5-2/h7-12,16-21,25-28,30-31,48-49,54,56-57,59,74H,4-6,13-15,22-24,29,32-47,50-53,55,58,60-73H2,1-3H3/b10-7-,11-8-,12-9-,19-16-,20-17-,21-18-,28-25-,31-30-,48-26-,49-27-,57-54-,59-56-. The molecule has 0 N–H and O–H groups in total. The molecular weight excluding hydrogens is 1020 g/mol. The first kappa shape index (κ1) is 78.3. The van der Waals surface area contributed by atoms with Gasteiger partial charge in [0, 0.05) is 19.3 Å². The first-order valence-electron chi connectivity index (χ1n) is 34.3. The number of ether oxygens (including phenoxy) is 3. The largest absolute Gasteiger partial charge is 0.462 e. The van der Waals surface area contributed by atoms with Gasteiger partial charge in [-0.25, -0.2) is 0 Å². The molecule has 470 valence electrons. The Hall–Kier alpha value is -4.71. The molecule has 6 nitrogen and oxygen atoms in total. The lowest BCUT2D eigenvalue weighted by atomic mass is 10.0. The predicted octanol–water partition coefficient (Wildman–Crippen LogP) is 23.9. The van der Waals surface area contributed by atoms with Crippen LogP contribution in [-0.4, -0.2) is 37.2 Å². The third-order valence-electron chi connectivity index (χ3n) is 14.3. The van der Waals surface area contributed by atoms with Gasteiger partial charge >= 0.3 is 17.9 Å². The van der Waals surface area contributed by atoms with Crippen LogP contribution in [0.5, 0.6) is 0 Å². The van der Waals surface area contributed by atoms with E-state index in [4.69, 9.17) is 14.2 Å². The molecule has 6 heteroatoms. The summed E-state index contributed by atoms with van der Waals surface area (Å²) in [5, 5.41) is 0. The highest BCUT2D eigenvalue weighted by Gasteiger charge is 2.19. The Kier molecular flexibility index (Phi) is 65.8. The molecule has 0 aliphatic carbocycles. The normalized spacial score (nSPS) is 13.0. The number of allylic oxidation sites excluding steroid dienone is 24. The maximum absolute atomic E-state index is 12.9. The number of carbonyl (C=O) groups excluding carboxylic acids is 3. The molecule has 0 bridgehead atoms. The fourth-order valence-corrected chi connectivity index (χ4v) is 9.30. The molecule has 0 heterocycles. The predicted molar refractivity (Wildman–Crippen MR) is 362 cm³/mol. The van der Waals surface area contributed by atoms with Crippen LogP contribution in [0.3, 0.4) is 0 Å². The molecule has 0 aromatic rings. The summed E-state index contributed by atoms with van der Waals surface area (Å²) in [6.07, 6.45) is 100. The summed E-state index contributed by atoms with van der Waals surface area (Å²) in [6.45, 7) is 6.24. The van der Waals surface area contributed by atoms with Gasteiger partial charge in [-0.1, -0.05) is 295 Å². The van der Waals surface area contributed by atoms with Gasteiger partial charge in [0.25, 0.3) is 0 Å². The lowest BCUT2D eigenvalue weighted by Crippen LogP contribution is -2.30. The van der Waals surface area contributed by atoms with Crippen LogP contribution in [0.1, 0.15) is 303 Å². The van der Waals surface area contributed by atoms with E-state index in [2.05, 4.69) is 167 Å². The van der Waals surface area contributed by atoms with Crippen molar-refractivity contribution in [3.63, 3.8) is 0 Å². The fraction of sp³-hybridized carbons (Fsp3) is 0.649. The van der Waals surface area contributed by atoms with Gasteiger partial charge in [-0.15, -0.1) is 0 Å². The van der Waals surface area contributed by atoms with Crippen LogP contribution in [0.2, 0.25) is 0 Å². The van der Waals surface area contributed by atoms with E-state index in [9.17, 15) is 14.4 Å². The van der Waals surface area contributed by atoms with Gasteiger partial charge in [0.05, 0.1) is 0 Å². The zero-order valence-electron chi connectivity index (χ0n) is 53.9. The molecule has 83 heavy (non-hydrogen) atoms. The number of esters is 3. The first-order chi connectivity index (χ1) is 41.0. The summed E-state index contributed by atoms with van der Waals surface area (Å²) in [5.41, 5.74) is 0. The highest BCUT2D eigenvalue weighted by atomic mass is 16.6. The Morgan fingerprint density at radius 1 is 0.241 bits per heavy atom. The molecule has 0 saturated heterocycles. The fourth-order valence-electron chi connectivity index (χ4n) is 9.30. The van der Waals surface area contributed by atoms with Crippen molar-refractivity contribution in [2.24, 2.45) is 0 Å². The van der Waals surface area contributed by atoms with Gasteiger partial charge in [-0.3, -0.25) is 14.4 Å². The minimum Gasteiger partial charge on any atom is -0.462 e. The van der Waals surface area contributed by atoms with Crippen molar-refractivity contribution < 1.29 is 28.6 Å². The van der Waals surface area contributed by atoms with E-state index >= 15 is 0 Å². The molecular formula is C77H126O6. The van der Waals surface area contributed by atoms with Crippen molar-refractivity contribution in [3.8, 4) is 0 Å². The van der Waals surface area contributed by atoms with Crippen LogP contribution in [-0.2, 0) is 28.6 Å². The number of hydrogen-bond donors (Lipinski definition) is 0. The Morgan fingerprint density at radius 2 is 0.434 bits per heavy atom. The van der Waals surface area contributed by atoms with Gasteiger partial charge < -0.3 is 14.2 Å². The van der Waals surface area contributed by atoms with Gasteiger partial charge in [-0.2, -0.15) is 0 Å². The lowest BCUT2D eigenvalue weighted by Gasteiger charge is -2.18. The number of carbonyl (C=O) groups is 3. The maximum Gasteiger partial charge on any atom is 0.306 e. The minimum absolute atomic E-state index is 0.110. The smallest absolute Gasteiger partial charge is 0.306 e. The van der Waals surface area contributed by atoms with Gasteiger partial charge in [0.15, 0.2) is 6.10 Å². The third-order valence-corrected chi connectivity index (χ3v) is 14.3. The van der Waals surface area contributed by atoms with Crippen LogP contribution >= 0.6 is 0 Å². The Bertz CT molecular complexity index is 1800. The van der Waals surface area contributed by atoms with Crippen molar-refractivity contribution in [3.05, 3.63) is 146 Å². The molecule has 0 fully saturated rings. The van der Waals surface area contributed by atoms with E-state index in [1.165, 1.54) is 128 Å². The van der Waals surface area contributed by atoms with Crippen molar-refractivity contribution >= 4 is 17.9 Å². The van der Waals surface area contributed by atoms with E-state index in [0.29, 0.717) is 25.7 Å². The summed E-state index contributed by atoms with van der Waals surface area (Å²) in [4.78, 5) is 38.3. The average molecular weight is 1150 g/mol. The highest BCUT2D eigenvalue weighted by molar-refractivity contribution is 5.71. The van der Waals surface area contributed by atoms with Crippen LogP contribution in [0, 0.1) is 0 Å². The quantitative estimate of drug-likeness (QED) is 0.0261. The van der Waals surface area contributed by atoms with Crippen LogP contribution < -0.4 is 0 Å². The molecule has 1 unspecified atom stereocenters. The molecule has 0 aliphatic heterocycles. The highest BCUT2D eigenvalue weighted by Crippen LogP contribution is 2.17. The average Bonchev–Trinajstić information content (AvgIpc) is 3.49. The van der Waals surface area contributed by atoms with E-state index in [0.717, 1.165) is 122 Å². The SMILES string of the molecule is CC/C=C\C/C=C\C/C=C\C/C=C\CCCCCCCCCCCCCCCCCCCCCCCCC(=O)OCC(COC(=O)CCCC/C=C\C/C=C\C/C=C\C/C=C\CC)OC(=O)CCCC/C=C\C/C=C\C/C=C\C/C=C\CC. The summed E-state index contributed by atoms with van der Waals surface area (Å²) in [7, 11) is 0. The summed E-state index contributed by atoms with van der Waals surface area (Å²) < 4.78 is 16.9. The summed E-state index contributed by atoms with van der Waals surface area (Å²) in [5.74, 6) is -0.991. The Morgan fingerprint density at radius 3 is 0.699 bits per heavy atom. The monoisotopic (exact) mass is 1150 g/mol. The number of rotatable bonds is 61. The third kappa shape index (κ3) is 68.0. The second kappa shape index (κ2) is 69.8. The molecule has 0 aliphatic rings. The van der Waals surface area contributed by atoms with E-state index in [1.807, 2.05) is 0 Å². The van der Waals surface area contributed by atoms with E-state index < -0.39 is 6.10 Å². The molecule has 0 radical (unpaired) electrons. The van der Waals surface area contributed by atoms with E-state index in [1.54, 1.807) is 0 Å². The number of unbranched alkanes of at least 4 members (excludes halogenated alkanes) is 26. The van der Waals surface area contributed by atoms with Crippen molar-refractivity contribution in [2.45, 2.75) is 309 Å². The summed E-state index contributed by atoms with van der Waals surface area (Å²) in [6, 6.07) is 0. The Labute approximate surface area is 512 Å². The van der Waals surface area contributed by atoms with Crippen molar-refractivity contribution in [1.82, 2.24) is 0 Å². The zero-order valence-corrected chi connectivity index (χ0v) is 53.9. The minimum atomic E-state index is -0.821. The molecule has 0 saturated carbocycles. The van der Waals surface area contributed by atoms with Gasteiger partial charge in [0.1, 0.15) is 13.2 Å². The second-order valence-corrected chi connectivity index (χ2v) is 22.3. The van der Waals surface area contributed by atoms with Gasteiger partial charge in [-0.05, 0) is 135 Å². The summed E-state index contributed by atoms with van der Waals surface area (Å²) >= 11 is 0. The van der Waals surface area contributed by atoms with Crippen LogP contribution in [0.4, 0.5) is 0 Å². The zero-order chi connectivity index (χ0) is 59.9. The molecule has 0 aromatic heterocycles. The molecule has 0 rings (SSSR count). The van der Waals surface area contributed by atoms with Crippen molar-refractivity contribution in [2.75, 3.05) is 13.2 Å². The molecule has 1 atom stereocenters. The molecule has 0 aromatic carbocycles. The van der Waals surface area contributed by atoms with Gasteiger partial charge in [0.2, 0.25) is 0 Å². The maximum atomic E-state index is 12.9.